The quantitative estimate of drug-likeness (QED) is 0.730. The van der Waals surface area contributed by atoms with Crippen LogP contribution in [0.25, 0.3) is 5.69 Å². The number of nitrogens with zero attached hydrogens (tertiary/aromatic N) is 3. The molecule has 15 heavy (non-hydrogen) atoms. The summed E-state index contributed by atoms with van der Waals surface area (Å²) in [5.41, 5.74) is 4.35. The first-order valence-corrected chi connectivity index (χ1v) is 5.29. The molecule has 1 aromatic carbocycles. The molecule has 1 heterocycles. The molecule has 0 amide bonds. The molecule has 0 atom stereocenters. The van der Waals surface area contributed by atoms with Gasteiger partial charge < -0.3 is 0 Å². The average Bonchev–Trinajstić information content (AvgIpc) is 2.65. The normalized spacial score (nSPS) is 10.6. The van der Waals surface area contributed by atoms with E-state index in [-0.39, 0.29) is 0 Å². The fourth-order valence-electron chi connectivity index (χ4n) is 1.59. The molecular weight excluding hydrogens is 210 g/mol. The molecule has 0 radical (unpaired) electrons. The second-order valence-corrected chi connectivity index (χ2v) is 3.83. The van der Waals surface area contributed by atoms with Crippen LogP contribution >= 0.6 is 11.6 Å². The van der Waals surface area contributed by atoms with Crippen LogP contribution in [0, 0.1) is 13.8 Å². The Hall–Kier alpha value is -1.35. The predicted octanol–water partition coefficient (Wildman–Crippen LogP) is 2.62. The second-order valence-electron chi connectivity index (χ2n) is 3.56. The van der Waals surface area contributed by atoms with Crippen LogP contribution in [0.2, 0.25) is 0 Å². The van der Waals surface area contributed by atoms with E-state index < -0.39 is 0 Å². The van der Waals surface area contributed by atoms with Crippen molar-refractivity contribution in [2.75, 3.05) is 0 Å². The molecule has 78 valence electrons. The zero-order valence-corrected chi connectivity index (χ0v) is 9.49. The number of hydrogen-bond acceptors (Lipinski definition) is 2. The molecule has 2 rings (SSSR count). The van der Waals surface area contributed by atoms with E-state index in [0.717, 1.165) is 11.4 Å². The van der Waals surface area contributed by atoms with E-state index in [0.29, 0.717) is 5.88 Å². The molecular formula is C11H12ClN3. The van der Waals surface area contributed by atoms with Crippen molar-refractivity contribution in [2.24, 2.45) is 0 Å². The van der Waals surface area contributed by atoms with Crippen molar-refractivity contribution in [3.63, 3.8) is 0 Å². The maximum atomic E-state index is 5.81. The van der Waals surface area contributed by atoms with E-state index in [1.54, 1.807) is 10.9 Å². The molecule has 0 saturated carbocycles. The highest BCUT2D eigenvalue weighted by atomic mass is 35.5. The minimum Gasteiger partial charge on any atom is -0.216 e. The lowest BCUT2D eigenvalue weighted by atomic mass is 10.1. The predicted molar refractivity (Wildman–Crippen MR) is 60.4 cm³/mol. The third-order valence-corrected chi connectivity index (χ3v) is 2.61. The van der Waals surface area contributed by atoms with Crippen LogP contribution < -0.4 is 0 Å². The van der Waals surface area contributed by atoms with Crippen LogP contribution in [0.3, 0.4) is 0 Å². The number of hydrogen-bond donors (Lipinski definition) is 0. The Labute approximate surface area is 93.7 Å². The molecule has 0 bridgehead atoms. The number of aromatic nitrogens is 3. The molecule has 0 aliphatic rings. The molecule has 0 saturated heterocycles. The van der Waals surface area contributed by atoms with E-state index in [9.17, 15) is 0 Å². The van der Waals surface area contributed by atoms with Crippen molar-refractivity contribution in [3.8, 4) is 5.69 Å². The smallest absolute Gasteiger partial charge is 0.0793 e. The van der Waals surface area contributed by atoms with E-state index in [2.05, 4.69) is 36.3 Å². The molecule has 0 unspecified atom stereocenters. The zero-order chi connectivity index (χ0) is 10.8. The Morgan fingerprint density at radius 1 is 1.33 bits per heavy atom. The van der Waals surface area contributed by atoms with Crippen molar-refractivity contribution in [1.29, 1.82) is 0 Å². The SMILES string of the molecule is Cc1ccc(-n2nncc2CCl)c(C)c1. The van der Waals surface area contributed by atoms with Gasteiger partial charge >= 0.3 is 0 Å². The Bertz CT molecular complexity index is 476. The number of halogens is 1. The van der Waals surface area contributed by atoms with Crippen molar-refractivity contribution in [3.05, 3.63) is 41.2 Å². The molecule has 3 nitrogen and oxygen atoms in total. The number of alkyl halides is 1. The number of rotatable bonds is 2. The fourth-order valence-corrected chi connectivity index (χ4v) is 1.78. The number of benzene rings is 1. The summed E-state index contributed by atoms with van der Waals surface area (Å²) in [6, 6.07) is 6.21. The molecule has 4 heteroatoms. The third-order valence-electron chi connectivity index (χ3n) is 2.34. The summed E-state index contributed by atoms with van der Waals surface area (Å²) in [5, 5.41) is 7.89. The summed E-state index contributed by atoms with van der Waals surface area (Å²) in [7, 11) is 0. The fraction of sp³-hybridized carbons (Fsp3) is 0.273. The molecule has 0 fully saturated rings. The highest BCUT2D eigenvalue weighted by Gasteiger charge is 2.07. The Kier molecular flexibility index (Phi) is 2.73. The molecule has 0 aliphatic carbocycles. The first-order valence-electron chi connectivity index (χ1n) is 4.75. The summed E-state index contributed by atoms with van der Waals surface area (Å²) < 4.78 is 1.78. The van der Waals surface area contributed by atoms with Crippen LogP contribution in [-0.4, -0.2) is 15.0 Å². The summed E-state index contributed by atoms with van der Waals surface area (Å²) in [4.78, 5) is 0. The van der Waals surface area contributed by atoms with Gasteiger partial charge in [0.05, 0.1) is 23.5 Å². The van der Waals surface area contributed by atoms with Gasteiger partial charge in [0.25, 0.3) is 0 Å². The minimum absolute atomic E-state index is 0.417. The van der Waals surface area contributed by atoms with Crippen LogP contribution in [0.15, 0.2) is 24.4 Å². The van der Waals surface area contributed by atoms with Gasteiger partial charge in [0.2, 0.25) is 0 Å². The zero-order valence-electron chi connectivity index (χ0n) is 8.74. The summed E-state index contributed by atoms with van der Waals surface area (Å²) in [6.45, 7) is 4.13. The summed E-state index contributed by atoms with van der Waals surface area (Å²) in [6.07, 6.45) is 1.69. The van der Waals surface area contributed by atoms with Crippen LogP contribution in [0.4, 0.5) is 0 Å². The molecule has 0 spiro atoms. The van der Waals surface area contributed by atoms with E-state index >= 15 is 0 Å². The highest BCUT2D eigenvalue weighted by Crippen LogP contribution is 2.16. The molecule has 0 aliphatic heterocycles. The Morgan fingerprint density at radius 3 is 2.80 bits per heavy atom. The molecule has 1 aromatic heterocycles. The standard InChI is InChI=1S/C11H12ClN3/c1-8-3-4-11(9(2)5-8)15-10(6-12)7-13-14-15/h3-5,7H,6H2,1-2H3. The second kappa shape index (κ2) is 4.03. The van der Waals surface area contributed by atoms with Gasteiger partial charge in [0, 0.05) is 0 Å². The van der Waals surface area contributed by atoms with Gasteiger partial charge in [-0.3, -0.25) is 0 Å². The lowest BCUT2D eigenvalue weighted by Crippen LogP contribution is -2.03. The van der Waals surface area contributed by atoms with Gasteiger partial charge in [0.1, 0.15) is 0 Å². The topological polar surface area (TPSA) is 30.7 Å². The van der Waals surface area contributed by atoms with E-state index in [4.69, 9.17) is 11.6 Å². The first-order chi connectivity index (χ1) is 7.22. The van der Waals surface area contributed by atoms with Gasteiger partial charge in [0.15, 0.2) is 0 Å². The summed E-state index contributed by atoms with van der Waals surface area (Å²) in [5.74, 6) is 0.417. The monoisotopic (exact) mass is 221 g/mol. The van der Waals surface area contributed by atoms with Crippen LogP contribution in [-0.2, 0) is 5.88 Å². The van der Waals surface area contributed by atoms with E-state index in [1.807, 2.05) is 6.07 Å². The van der Waals surface area contributed by atoms with Gasteiger partial charge in [-0.1, -0.05) is 22.9 Å². The average molecular weight is 222 g/mol. The largest absolute Gasteiger partial charge is 0.216 e. The van der Waals surface area contributed by atoms with Gasteiger partial charge in [-0.2, -0.15) is 0 Å². The first kappa shape index (κ1) is 10.2. The van der Waals surface area contributed by atoms with Crippen molar-refractivity contribution in [2.45, 2.75) is 19.7 Å². The maximum Gasteiger partial charge on any atom is 0.0793 e. The molecule has 2 aromatic rings. The van der Waals surface area contributed by atoms with Gasteiger partial charge in [-0.25, -0.2) is 4.68 Å². The highest BCUT2D eigenvalue weighted by molar-refractivity contribution is 6.16. The Balaban J connectivity index is 2.54. The maximum absolute atomic E-state index is 5.81. The minimum atomic E-state index is 0.417. The van der Waals surface area contributed by atoms with E-state index in [1.165, 1.54) is 11.1 Å². The van der Waals surface area contributed by atoms with Crippen LogP contribution in [0.5, 0.6) is 0 Å². The number of aryl methyl sites for hydroxylation is 2. The summed E-state index contributed by atoms with van der Waals surface area (Å²) >= 11 is 5.81. The molecule has 0 N–H and O–H groups in total. The Morgan fingerprint density at radius 2 is 2.13 bits per heavy atom. The van der Waals surface area contributed by atoms with Gasteiger partial charge in [-0.05, 0) is 25.5 Å². The van der Waals surface area contributed by atoms with Gasteiger partial charge in [-0.15, -0.1) is 16.7 Å². The van der Waals surface area contributed by atoms with Crippen molar-refractivity contribution >= 4 is 11.6 Å². The lowest BCUT2D eigenvalue weighted by Gasteiger charge is -2.08. The lowest BCUT2D eigenvalue weighted by molar-refractivity contribution is 0.776. The van der Waals surface area contributed by atoms with Crippen molar-refractivity contribution < 1.29 is 0 Å². The van der Waals surface area contributed by atoms with Crippen molar-refractivity contribution in [1.82, 2.24) is 15.0 Å². The third kappa shape index (κ3) is 1.88. The van der Waals surface area contributed by atoms with Crippen LogP contribution in [0.1, 0.15) is 16.8 Å².